The monoisotopic (exact) mass is 572 g/mol. The molecule has 1 fully saturated rings. The van der Waals surface area contributed by atoms with E-state index < -0.39 is 12.2 Å². The van der Waals surface area contributed by atoms with Crippen LogP contribution in [0.5, 0.6) is 5.75 Å². The number of likely N-dealkylation sites (tertiary alicyclic amines) is 1. The van der Waals surface area contributed by atoms with Crippen LogP contribution in [-0.4, -0.2) is 69.6 Å². The van der Waals surface area contributed by atoms with E-state index in [0.29, 0.717) is 41.5 Å². The van der Waals surface area contributed by atoms with Gasteiger partial charge in [-0.1, -0.05) is 12.1 Å². The van der Waals surface area contributed by atoms with E-state index >= 15 is 0 Å². The lowest BCUT2D eigenvalue weighted by molar-refractivity contribution is -0.183. The zero-order valence-corrected chi connectivity index (χ0v) is 22.4. The van der Waals surface area contributed by atoms with Gasteiger partial charge in [0.15, 0.2) is 11.5 Å². The van der Waals surface area contributed by atoms with Crippen LogP contribution < -0.4 is 10.5 Å². The first-order chi connectivity index (χ1) is 17.2. The molecule has 206 valence electrons. The standard InChI is InChI=1S/C25H27F3N6O2.2ClH/c1-15(14-35-2)36-19-6-3-16-4-7-20(30-21(16)11-19)24-32-31-22-8-5-17(12-34(22)24)23(25(26,27)28)33-10-9-18(29)13-33;;/h3-8,11-12,15,18,23H,9-10,13-14,29H2,1-2H3;2*1H/t15-,18-,23+;;/m0../s1. The minimum atomic E-state index is -4.45. The summed E-state index contributed by atoms with van der Waals surface area (Å²) in [6.45, 7) is 2.83. The molecule has 1 aliphatic heterocycles. The summed E-state index contributed by atoms with van der Waals surface area (Å²) in [6, 6.07) is 10.2. The first kappa shape index (κ1) is 29.9. The summed E-state index contributed by atoms with van der Waals surface area (Å²) in [5.41, 5.74) is 7.59. The first-order valence-corrected chi connectivity index (χ1v) is 11.7. The molecule has 3 atom stereocenters. The quantitative estimate of drug-likeness (QED) is 0.339. The third-order valence-electron chi connectivity index (χ3n) is 6.30. The molecule has 5 rings (SSSR count). The number of aromatic nitrogens is 4. The van der Waals surface area contributed by atoms with Gasteiger partial charge in [0.05, 0.1) is 12.1 Å². The highest BCUT2D eigenvalue weighted by Crippen LogP contribution is 2.39. The van der Waals surface area contributed by atoms with Crippen molar-refractivity contribution in [2.45, 2.75) is 37.7 Å². The number of hydrogen-bond acceptors (Lipinski definition) is 7. The molecule has 1 aliphatic rings. The molecule has 0 aliphatic carbocycles. The van der Waals surface area contributed by atoms with Crippen LogP contribution in [0.2, 0.25) is 0 Å². The fraction of sp³-hybridized carbons (Fsp3) is 0.400. The van der Waals surface area contributed by atoms with Crippen molar-refractivity contribution in [1.29, 1.82) is 0 Å². The Balaban J connectivity index is 0.00000200. The number of alkyl halides is 3. The fourth-order valence-electron chi connectivity index (χ4n) is 4.70. The van der Waals surface area contributed by atoms with Crippen molar-refractivity contribution in [3.63, 3.8) is 0 Å². The molecule has 1 aromatic carbocycles. The molecule has 2 N–H and O–H groups in total. The van der Waals surface area contributed by atoms with E-state index in [2.05, 4.69) is 10.2 Å². The Hall–Kier alpha value is -2.70. The highest BCUT2D eigenvalue weighted by atomic mass is 35.5. The summed E-state index contributed by atoms with van der Waals surface area (Å²) in [6.07, 6.45) is -2.61. The molecule has 4 aromatic rings. The van der Waals surface area contributed by atoms with E-state index in [1.165, 1.54) is 17.2 Å². The van der Waals surface area contributed by atoms with E-state index in [1.54, 1.807) is 23.6 Å². The number of halogens is 5. The zero-order chi connectivity index (χ0) is 25.4. The first-order valence-electron chi connectivity index (χ1n) is 11.7. The molecule has 0 radical (unpaired) electrons. The van der Waals surface area contributed by atoms with Crippen molar-refractivity contribution in [1.82, 2.24) is 24.5 Å². The summed E-state index contributed by atoms with van der Waals surface area (Å²) in [5, 5.41) is 9.26. The van der Waals surface area contributed by atoms with Gasteiger partial charge in [-0.25, -0.2) is 4.98 Å². The lowest BCUT2D eigenvalue weighted by Gasteiger charge is -2.30. The molecule has 0 saturated carbocycles. The van der Waals surface area contributed by atoms with Gasteiger partial charge < -0.3 is 15.2 Å². The minimum absolute atomic E-state index is 0. The maximum Gasteiger partial charge on any atom is 0.408 e. The van der Waals surface area contributed by atoms with Gasteiger partial charge in [-0.2, -0.15) is 13.2 Å². The van der Waals surface area contributed by atoms with E-state index in [0.717, 1.165) is 5.39 Å². The molecule has 8 nitrogen and oxygen atoms in total. The predicted molar refractivity (Wildman–Crippen MR) is 143 cm³/mol. The Morgan fingerprint density at radius 2 is 1.87 bits per heavy atom. The van der Waals surface area contributed by atoms with Crippen LogP contribution in [-0.2, 0) is 4.74 Å². The molecule has 4 heterocycles. The van der Waals surface area contributed by atoms with E-state index in [1.807, 2.05) is 31.2 Å². The Kier molecular flexibility index (Phi) is 9.43. The summed E-state index contributed by atoms with van der Waals surface area (Å²) < 4.78 is 54.9. The van der Waals surface area contributed by atoms with Crippen LogP contribution in [0.4, 0.5) is 13.2 Å². The molecule has 0 spiro atoms. The molecule has 0 bridgehead atoms. The Morgan fingerprint density at radius 1 is 1.11 bits per heavy atom. The SMILES string of the molecule is COC[C@H](C)Oc1ccc2ccc(-c3nnc4ccc([C@@H](N5CC[C@H](N)C5)C(F)(F)F)cn34)nc2c1.Cl.Cl. The predicted octanol–water partition coefficient (Wildman–Crippen LogP) is 4.84. The molecule has 3 aromatic heterocycles. The topological polar surface area (TPSA) is 90.8 Å². The Labute approximate surface area is 230 Å². The molecule has 13 heteroatoms. The highest BCUT2D eigenvalue weighted by Gasteiger charge is 2.46. The van der Waals surface area contributed by atoms with Crippen LogP contribution in [0.3, 0.4) is 0 Å². The highest BCUT2D eigenvalue weighted by molar-refractivity contribution is 5.85. The second-order valence-electron chi connectivity index (χ2n) is 9.14. The van der Waals surface area contributed by atoms with Gasteiger partial charge in [-0.15, -0.1) is 35.0 Å². The lowest BCUT2D eigenvalue weighted by Crippen LogP contribution is -2.38. The molecule has 1 saturated heterocycles. The van der Waals surface area contributed by atoms with Crippen molar-refractivity contribution >= 4 is 41.4 Å². The number of ether oxygens (including phenoxy) is 2. The van der Waals surface area contributed by atoms with Crippen molar-refractivity contribution < 1.29 is 22.6 Å². The van der Waals surface area contributed by atoms with Crippen molar-refractivity contribution in [2.75, 3.05) is 26.8 Å². The average Bonchev–Trinajstić information content (AvgIpc) is 3.44. The summed E-state index contributed by atoms with van der Waals surface area (Å²) in [5.74, 6) is 0.994. The normalized spacial score (nSPS) is 17.7. The minimum Gasteiger partial charge on any atom is -0.488 e. The maximum absolute atomic E-state index is 14.1. The largest absolute Gasteiger partial charge is 0.488 e. The van der Waals surface area contributed by atoms with Crippen LogP contribution in [0.1, 0.15) is 24.9 Å². The molecular formula is C25H29Cl2F3N6O2. The lowest BCUT2D eigenvalue weighted by atomic mass is 10.1. The van der Waals surface area contributed by atoms with Gasteiger partial charge in [0, 0.05) is 43.9 Å². The van der Waals surface area contributed by atoms with E-state index in [4.69, 9.17) is 20.2 Å². The van der Waals surface area contributed by atoms with Gasteiger partial charge in [0.2, 0.25) is 0 Å². The van der Waals surface area contributed by atoms with Crippen molar-refractivity contribution in [3.05, 3.63) is 54.2 Å². The van der Waals surface area contributed by atoms with Gasteiger partial charge in [0.1, 0.15) is 23.6 Å². The smallest absolute Gasteiger partial charge is 0.408 e. The fourth-order valence-corrected chi connectivity index (χ4v) is 4.70. The second-order valence-corrected chi connectivity index (χ2v) is 9.14. The van der Waals surface area contributed by atoms with Crippen LogP contribution in [0.25, 0.3) is 28.1 Å². The Bertz CT molecular complexity index is 1390. The number of rotatable bonds is 7. The molecule has 0 unspecified atom stereocenters. The van der Waals surface area contributed by atoms with E-state index in [-0.39, 0.29) is 55.6 Å². The number of benzene rings is 1. The zero-order valence-electron chi connectivity index (χ0n) is 20.8. The summed E-state index contributed by atoms with van der Waals surface area (Å²) >= 11 is 0. The Morgan fingerprint density at radius 3 is 2.55 bits per heavy atom. The number of methoxy groups -OCH3 is 1. The van der Waals surface area contributed by atoms with Gasteiger partial charge in [-0.3, -0.25) is 9.30 Å². The van der Waals surface area contributed by atoms with Gasteiger partial charge in [-0.05, 0) is 43.2 Å². The number of pyridine rings is 2. The number of hydrogen-bond donors (Lipinski definition) is 1. The van der Waals surface area contributed by atoms with Crippen LogP contribution in [0, 0.1) is 0 Å². The van der Waals surface area contributed by atoms with Crippen molar-refractivity contribution in [3.8, 4) is 17.3 Å². The number of nitrogens with two attached hydrogens (primary N) is 1. The van der Waals surface area contributed by atoms with Gasteiger partial charge >= 0.3 is 6.18 Å². The van der Waals surface area contributed by atoms with Crippen molar-refractivity contribution in [2.24, 2.45) is 5.73 Å². The number of nitrogens with zero attached hydrogens (tertiary/aromatic N) is 5. The van der Waals surface area contributed by atoms with E-state index in [9.17, 15) is 13.2 Å². The van der Waals surface area contributed by atoms with Crippen LogP contribution >= 0.6 is 24.8 Å². The third-order valence-corrected chi connectivity index (χ3v) is 6.30. The molecule has 0 amide bonds. The average molecular weight is 573 g/mol. The summed E-state index contributed by atoms with van der Waals surface area (Å²) in [7, 11) is 1.61. The van der Waals surface area contributed by atoms with Gasteiger partial charge in [0.25, 0.3) is 0 Å². The second kappa shape index (κ2) is 12.0. The molecular weight excluding hydrogens is 544 g/mol. The molecule has 38 heavy (non-hydrogen) atoms. The third kappa shape index (κ3) is 6.13. The van der Waals surface area contributed by atoms with Crippen LogP contribution in [0.15, 0.2) is 48.7 Å². The maximum atomic E-state index is 14.1. The summed E-state index contributed by atoms with van der Waals surface area (Å²) in [4.78, 5) is 6.09. The number of fused-ring (bicyclic) bond motifs is 2.